The highest BCUT2D eigenvalue weighted by Crippen LogP contribution is 2.14. The highest BCUT2D eigenvalue weighted by Gasteiger charge is 2.24. The predicted octanol–water partition coefficient (Wildman–Crippen LogP) is -0.922. The van der Waals surface area contributed by atoms with Gasteiger partial charge >= 0.3 is 12.0 Å². The summed E-state index contributed by atoms with van der Waals surface area (Å²) in [5, 5.41) is 11.0. The number of carbonyl (C=O) groups excluding carboxylic acids is 1. The molecule has 1 unspecified atom stereocenters. The van der Waals surface area contributed by atoms with Crippen LogP contribution in [0.25, 0.3) is 0 Å². The van der Waals surface area contributed by atoms with Crippen LogP contribution in [0.4, 0.5) is 4.79 Å². The van der Waals surface area contributed by atoms with Gasteiger partial charge in [0.2, 0.25) is 0 Å². The molecule has 0 bridgehead atoms. The SMILES string of the molecule is NCC1CCN(C(=O)NCCOCC(=O)O)C1. The van der Waals surface area contributed by atoms with E-state index in [1.165, 1.54) is 0 Å². The summed E-state index contributed by atoms with van der Waals surface area (Å²) in [5.74, 6) is -0.620. The van der Waals surface area contributed by atoms with Gasteiger partial charge in [-0.3, -0.25) is 0 Å². The van der Waals surface area contributed by atoms with Gasteiger partial charge in [0.05, 0.1) is 6.61 Å². The van der Waals surface area contributed by atoms with E-state index in [9.17, 15) is 9.59 Å². The fourth-order valence-corrected chi connectivity index (χ4v) is 1.71. The molecular weight excluding hydrogens is 226 g/mol. The van der Waals surface area contributed by atoms with E-state index in [1.807, 2.05) is 0 Å². The molecular formula is C10H19N3O4. The van der Waals surface area contributed by atoms with Crippen molar-refractivity contribution in [3.05, 3.63) is 0 Å². The fraction of sp³-hybridized carbons (Fsp3) is 0.800. The number of carboxylic acids is 1. The van der Waals surface area contributed by atoms with Crippen LogP contribution in [0, 0.1) is 5.92 Å². The van der Waals surface area contributed by atoms with E-state index in [1.54, 1.807) is 4.90 Å². The number of nitrogens with one attached hydrogen (secondary N) is 1. The van der Waals surface area contributed by atoms with Gasteiger partial charge in [0.15, 0.2) is 0 Å². The zero-order chi connectivity index (χ0) is 12.7. The van der Waals surface area contributed by atoms with Crippen LogP contribution in [0.15, 0.2) is 0 Å². The van der Waals surface area contributed by atoms with Gasteiger partial charge in [-0.05, 0) is 18.9 Å². The molecule has 17 heavy (non-hydrogen) atoms. The second-order valence-corrected chi connectivity index (χ2v) is 4.01. The van der Waals surface area contributed by atoms with Crippen LogP contribution in [0.5, 0.6) is 0 Å². The number of nitrogens with zero attached hydrogens (tertiary/aromatic N) is 1. The molecule has 1 aliphatic rings. The van der Waals surface area contributed by atoms with Gasteiger partial charge in [-0.15, -0.1) is 0 Å². The number of rotatable bonds is 6. The topological polar surface area (TPSA) is 105 Å². The van der Waals surface area contributed by atoms with Gasteiger partial charge in [-0.1, -0.05) is 0 Å². The van der Waals surface area contributed by atoms with Gasteiger partial charge in [-0.25, -0.2) is 9.59 Å². The van der Waals surface area contributed by atoms with Gasteiger partial charge in [-0.2, -0.15) is 0 Å². The van der Waals surface area contributed by atoms with E-state index in [2.05, 4.69) is 5.32 Å². The van der Waals surface area contributed by atoms with E-state index in [-0.39, 0.29) is 19.2 Å². The Morgan fingerprint density at radius 1 is 1.53 bits per heavy atom. The standard InChI is InChI=1S/C10H19N3O4/c11-5-8-1-3-13(6-8)10(16)12-2-4-17-7-9(14)15/h8H,1-7,11H2,(H,12,16)(H,14,15). The summed E-state index contributed by atoms with van der Waals surface area (Å²) in [6.45, 7) is 2.20. The number of amides is 2. The first kappa shape index (κ1) is 13.7. The van der Waals surface area contributed by atoms with E-state index in [4.69, 9.17) is 15.6 Å². The molecule has 0 radical (unpaired) electrons. The molecule has 0 aromatic rings. The lowest BCUT2D eigenvalue weighted by Gasteiger charge is -2.16. The zero-order valence-electron chi connectivity index (χ0n) is 9.72. The van der Waals surface area contributed by atoms with Crippen LogP contribution in [0.1, 0.15) is 6.42 Å². The summed E-state index contributed by atoms with van der Waals surface area (Å²) in [6, 6.07) is -0.139. The number of nitrogens with two attached hydrogens (primary N) is 1. The van der Waals surface area contributed by atoms with Crippen molar-refractivity contribution >= 4 is 12.0 Å². The van der Waals surface area contributed by atoms with Gasteiger partial charge < -0.3 is 25.8 Å². The molecule has 7 heteroatoms. The Kier molecular flexibility index (Phi) is 5.71. The Hall–Kier alpha value is -1.34. The van der Waals surface area contributed by atoms with Crippen molar-refractivity contribution < 1.29 is 19.4 Å². The summed E-state index contributed by atoms with van der Waals surface area (Å²) in [6.07, 6.45) is 0.944. The maximum absolute atomic E-state index is 11.6. The Balaban J connectivity index is 2.07. The molecule has 0 aromatic carbocycles. The summed E-state index contributed by atoms with van der Waals surface area (Å²) in [7, 11) is 0. The lowest BCUT2D eigenvalue weighted by Crippen LogP contribution is -2.40. The minimum atomic E-state index is -1.01. The third kappa shape index (κ3) is 5.01. The number of aliphatic carboxylic acids is 1. The molecule has 98 valence electrons. The molecule has 1 fully saturated rings. The van der Waals surface area contributed by atoms with Crippen LogP contribution in [-0.4, -0.2) is 61.4 Å². The average Bonchev–Trinajstić information content (AvgIpc) is 2.76. The number of ether oxygens (including phenoxy) is 1. The molecule has 7 nitrogen and oxygen atoms in total. The fourth-order valence-electron chi connectivity index (χ4n) is 1.71. The van der Waals surface area contributed by atoms with Crippen molar-refractivity contribution in [2.75, 3.05) is 39.4 Å². The smallest absolute Gasteiger partial charge is 0.329 e. The molecule has 0 saturated carbocycles. The molecule has 0 spiro atoms. The van der Waals surface area contributed by atoms with Crippen molar-refractivity contribution in [3.8, 4) is 0 Å². The van der Waals surface area contributed by atoms with Crippen molar-refractivity contribution in [1.29, 1.82) is 0 Å². The van der Waals surface area contributed by atoms with Gasteiger partial charge in [0.1, 0.15) is 6.61 Å². The van der Waals surface area contributed by atoms with Gasteiger partial charge in [0, 0.05) is 19.6 Å². The van der Waals surface area contributed by atoms with E-state index >= 15 is 0 Å². The predicted molar refractivity (Wildman–Crippen MR) is 60.6 cm³/mol. The summed E-state index contributed by atoms with van der Waals surface area (Å²) in [4.78, 5) is 23.5. The second-order valence-electron chi connectivity index (χ2n) is 4.01. The molecule has 1 saturated heterocycles. The number of hydrogen-bond acceptors (Lipinski definition) is 4. The van der Waals surface area contributed by atoms with E-state index < -0.39 is 5.97 Å². The first-order chi connectivity index (χ1) is 8.13. The third-order valence-corrected chi connectivity index (χ3v) is 2.65. The lowest BCUT2D eigenvalue weighted by atomic mass is 10.1. The molecule has 1 atom stereocenters. The Labute approximate surface area is 99.9 Å². The number of carbonyl (C=O) groups is 2. The zero-order valence-corrected chi connectivity index (χ0v) is 9.72. The molecule has 0 aromatic heterocycles. The molecule has 1 rings (SSSR count). The maximum atomic E-state index is 11.6. The first-order valence-electron chi connectivity index (χ1n) is 5.66. The lowest BCUT2D eigenvalue weighted by molar-refractivity contribution is -0.142. The van der Waals surface area contributed by atoms with Crippen LogP contribution in [0.3, 0.4) is 0 Å². The van der Waals surface area contributed by atoms with Crippen molar-refractivity contribution in [2.24, 2.45) is 11.7 Å². The van der Waals surface area contributed by atoms with Crippen LogP contribution < -0.4 is 11.1 Å². The van der Waals surface area contributed by atoms with Crippen molar-refractivity contribution in [1.82, 2.24) is 10.2 Å². The largest absolute Gasteiger partial charge is 0.480 e. The average molecular weight is 245 g/mol. The van der Waals surface area contributed by atoms with E-state index in [0.717, 1.165) is 13.0 Å². The second kappa shape index (κ2) is 7.08. The summed E-state index contributed by atoms with van der Waals surface area (Å²) in [5.41, 5.74) is 5.53. The van der Waals surface area contributed by atoms with Gasteiger partial charge in [0.25, 0.3) is 0 Å². The first-order valence-corrected chi connectivity index (χ1v) is 5.66. The van der Waals surface area contributed by atoms with Crippen LogP contribution in [0.2, 0.25) is 0 Å². The Bertz CT molecular complexity index is 272. The number of likely N-dealkylation sites (tertiary alicyclic amines) is 1. The number of carboxylic acid groups (broad SMARTS) is 1. The van der Waals surface area contributed by atoms with E-state index in [0.29, 0.717) is 25.6 Å². The quantitative estimate of drug-likeness (QED) is 0.525. The van der Waals surface area contributed by atoms with Crippen LogP contribution in [-0.2, 0) is 9.53 Å². The summed E-state index contributed by atoms with van der Waals surface area (Å²) >= 11 is 0. The third-order valence-electron chi connectivity index (χ3n) is 2.65. The maximum Gasteiger partial charge on any atom is 0.329 e. The highest BCUT2D eigenvalue weighted by atomic mass is 16.5. The Morgan fingerprint density at radius 2 is 2.29 bits per heavy atom. The molecule has 4 N–H and O–H groups in total. The molecule has 2 amide bonds. The van der Waals surface area contributed by atoms with Crippen LogP contribution >= 0.6 is 0 Å². The number of hydrogen-bond donors (Lipinski definition) is 3. The highest BCUT2D eigenvalue weighted by molar-refractivity contribution is 5.74. The minimum absolute atomic E-state index is 0.139. The minimum Gasteiger partial charge on any atom is -0.480 e. The van der Waals surface area contributed by atoms with Crippen molar-refractivity contribution in [3.63, 3.8) is 0 Å². The summed E-state index contributed by atoms with van der Waals surface area (Å²) < 4.78 is 4.80. The Morgan fingerprint density at radius 3 is 2.88 bits per heavy atom. The molecule has 1 heterocycles. The number of urea groups is 1. The monoisotopic (exact) mass is 245 g/mol. The molecule has 0 aliphatic carbocycles. The van der Waals surface area contributed by atoms with Crippen molar-refractivity contribution in [2.45, 2.75) is 6.42 Å². The normalized spacial score (nSPS) is 19.4. The molecule has 1 aliphatic heterocycles.